The molecule has 0 unspecified atom stereocenters. The molecule has 2 heteroatoms. The van der Waals surface area contributed by atoms with Gasteiger partial charge in [0.15, 0.2) is 0 Å². The van der Waals surface area contributed by atoms with Gasteiger partial charge in [0, 0.05) is 12.3 Å². The smallest absolute Gasteiger partial charge is 0.124 e. The van der Waals surface area contributed by atoms with Crippen molar-refractivity contribution >= 4 is 17.9 Å². The number of hydrogen-bond acceptors (Lipinski definition) is 1. The Hall–Kier alpha value is -0.820. The second-order valence-electron chi connectivity index (χ2n) is 2.32. The molecule has 1 rings (SSSR count). The molecule has 0 N–H and O–H groups in total. The van der Waals surface area contributed by atoms with Crippen LogP contribution in [0.4, 0.5) is 0 Å². The van der Waals surface area contributed by atoms with E-state index in [1.807, 2.05) is 24.3 Å². The first-order valence-electron chi connectivity index (χ1n) is 3.44. The Labute approximate surface area is 71.0 Å². The maximum atomic E-state index is 10.1. The monoisotopic (exact) mass is 168 g/mol. The lowest BCUT2D eigenvalue weighted by molar-refractivity contribution is -0.107. The number of rotatable bonds is 3. The lowest BCUT2D eigenvalue weighted by Gasteiger charge is -1.97. The first kappa shape index (κ1) is 8.28. The zero-order chi connectivity index (χ0) is 8.10. The van der Waals surface area contributed by atoms with Crippen molar-refractivity contribution in [1.82, 2.24) is 0 Å². The van der Waals surface area contributed by atoms with E-state index < -0.39 is 0 Å². The van der Waals surface area contributed by atoms with Crippen molar-refractivity contribution in [3.8, 4) is 0 Å². The van der Waals surface area contributed by atoms with E-state index in [-0.39, 0.29) is 0 Å². The molecule has 0 aliphatic heterocycles. The second kappa shape index (κ2) is 4.14. The van der Waals surface area contributed by atoms with Gasteiger partial charge in [-0.1, -0.05) is 24.3 Å². The molecule has 0 bridgehead atoms. The number of alkyl halides is 1. The molecule has 0 radical (unpaired) electrons. The van der Waals surface area contributed by atoms with Crippen LogP contribution in [-0.4, -0.2) is 6.29 Å². The van der Waals surface area contributed by atoms with Gasteiger partial charge in [0.25, 0.3) is 0 Å². The standard InChI is InChI=1S/C9H9ClO/c10-7-9-3-1-2-8(6-9)4-5-11/h1-3,5-6H,4,7H2. The highest BCUT2D eigenvalue weighted by Gasteiger charge is 1.92. The van der Waals surface area contributed by atoms with Gasteiger partial charge in [0.05, 0.1) is 0 Å². The van der Waals surface area contributed by atoms with Crippen molar-refractivity contribution in [3.63, 3.8) is 0 Å². The topological polar surface area (TPSA) is 17.1 Å². The van der Waals surface area contributed by atoms with Gasteiger partial charge in [0.2, 0.25) is 0 Å². The fourth-order valence-electron chi connectivity index (χ4n) is 0.936. The van der Waals surface area contributed by atoms with Crippen molar-refractivity contribution in [1.29, 1.82) is 0 Å². The summed E-state index contributed by atoms with van der Waals surface area (Å²) in [6, 6.07) is 7.73. The van der Waals surface area contributed by atoms with Crippen LogP contribution in [-0.2, 0) is 17.1 Å². The van der Waals surface area contributed by atoms with Crippen LogP contribution < -0.4 is 0 Å². The molecule has 0 heterocycles. The highest BCUT2D eigenvalue weighted by molar-refractivity contribution is 6.17. The first-order valence-corrected chi connectivity index (χ1v) is 3.97. The number of hydrogen-bond donors (Lipinski definition) is 0. The van der Waals surface area contributed by atoms with Crippen molar-refractivity contribution in [2.75, 3.05) is 0 Å². The second-order valence-corrected chi connectivity index (χ2v) is 2.59. The SMILES string of the molecule is O=CCc1cccc(CCl)c1. The fraction of sp³-hybridized carbons (Fsp3) is 0.222. The summed E-state index contributed by atoms with van der Waals surface area (Å²) < 4.78 is 0. The normalized spacial score (nSPS) is 9.55. The van der Waals surface area contributed by atoms with E-state index in [0.29, 0.717) is 12.3 Å². The van der Waals surface area contributed by atoms with Crippen LogP contribution >= 0.6 is 11.6 Å². The molecule has 11 heavy (non-hydrogen) atoms. The molecule has 0 saturated heterocycles. The summed E-state index contributed by atoms with van der Waals surface area (Å²) in [4.78, 5) is 10.1. The van der Waals surface area contributed by atoms with Gasteiger partial charge in [0.1, 0.15) is 6.29 Å². The summed E-state index contributed by atoms with van der Waals surface area (Å²) in [6.45, 7) is 0. The molecule has 1 aromatic rings. The Morgan fingerprint density at radius 1 is 1.36 bits per heavy atom. The van der Waals surface area contributed by atoms with Crippen LogP contribution in [0.25, 0.3) is 0 Å². The highest BCUT2D eigenvalue weighted by atomic mass is 35.5. The van der Waals surface area contributed by atoms with Crippen molar-refractivity contribution < 1.29 is 4.79 Å². The van der Waals surface area contributed by atoms with Crippen LogP contribution in [0.5, 0.6) is 0 Å². The van der Waals surface area contributed by atoms with E-state index in [1.165, 1.54) is 0 Å². The van der Waals surface area contributed by atoms with Crippen molar-refractivity contribution in [2.45, 2.75) is 12.3 Å². The van der Waals surface area contributed by atoms with E-state index >= 15 is 0 Å². The predicted molar refractivity (Wildman–Crippen MR) is 45.8 cm³/mol. The minimum atomic E-state index is 0.477. The van der Waals surface area contributed by atoms with Gasteiger partial charge in [-0.05, 0) is 11.1 Å². The zero-order valence-electron chi connectivity index (χ0n) is 6.09. The quantitative estimate of drug-likeness (QED) is 0.500. The summed E-state index contributed by atoms with van der Waals surface area (Å²) in [7, 11) is 0. The maximum absolute atomic E-state index is 10.1. The third kappa shape index (κ3) is 2.35. The molecule has 0 spiro atoms. The van der Waals surface area contributed by atoms with E-state index in [4.69, 9.17) is 11.6 Å². The molecule has 1 nitrogen and oxygen atoms in total. The minimum absolute atomic E-state index is 0.477. The summed E-state index contributed by atoms with van der Waals surface area (Å²) in [5, 5.41) is 0. The Bertz CT molecular complexity index is 245. The molecule has 0 aromatic heterocycles. The van der Waals surface area contributed by atoms with E-state index in [2.05, 4.69) is 0 Å². The van der Waals surface area contributed by atoms with Crippen molar-refractivity contribution in [2.24, 2.45) is 0 Å². The number of carbonyl (C=O) groups excluding carboxylic acids is 1. The molecule has 0 fully saturated rings. The summed E-state index contributed by atoms with van der Waals surface area (Å²) in [6.07, 6.45) is 1.37. The van der Waals surface area contributed by atoms with Gasteiger partial charge in [-0.2, -0.15) is 0 Å². The Kier molecular flexibility index (Phi) is 3.12. The van der Waals surface area contributed by atoms with Crippen LogP contribution in [0.15, 0.2) is 24.3 Å². The van der Waals surface area contributed by atoms with Crippen LogP contribution in [0, 0.1) is 0 Å². The van der Waals surface area contributed by atoms with Crippen LogP contribution in [0.2, 0.25) is 0 Å². The number of benzene rings is 1. The summed E-state index contributed by atoms with van der Waals surface area (Å²) >= 11 is 5.61. The van der Waals surface area contributed by atoms with Crippen LogP contribution in [0.1, 0.15) is 11.1 Å². The van der Waals surface area contributed by atoms with E-state index in [0.717, 1.165) is 17.4 Å². The molecular weight excluding hydrogens is 160 g/mol. The summed E-state index contributed by atoms with van der Waals surface area (Å²) in [5.41, 5.74) is 2.09. The van der Waals surface area contributed by atoms with E-state index in [1.54, 1.807) is 0 Å². The zero-order valence-corrected chi connectivity index (χ0v) is 6.84. The maximum Gasteiger partial charge on any atom is 0.124 e. The molecular formula is C9H9ClO. The average Bonchev–Trinajstić information content (AvgIpc) is 2.06. The molecule has 1 aromatic carbocycles. The number of aldehydes is 1. The molecule has 0 aliphatic carbocycles. The third-order valence-electron chi connectivity index (χ3n) is 1.46. The number of carbonyl (C=O) groups is 1. The number of halogens is 1. The average molecular weight is 169 g/mol. The largest absolute Gasteiger partial charge is 0.303 e. The Morgan fingerprint density at radius 3 is 2.73 bits per heavy atom. The van der Waals surface area contributed by atoms with Gasteiger partial charge < -0.3 is 4.79 Å². The van der Waals surface area contributed by atoms with Crippen LogP contribution in [0.3, 0.4) is 0 Å². The lowest BCUT2D eigenvalue weighted by Crippen LogP contribution is -1.86. The molecule has 0 atom stereocenters. The highest BCUT2D eigenvalue weighted by Crippen LogP contribution is 2.07. The predicted octanol–water partition coefficient (Wildman–Crippen LogP) is 2.17. The minimum Gasteiger partial charge on any atom is -0.303 e. The Balaban J connectivity index is 2.82. The Morgan fingerprint density at radius 2 is 2.09 bits per heavy atom. The lowest BCUT2D eigenvalue weighted by atomic mass is 10.1. The van der Waals surface area contributed by atoms with Gasteiger partial charge in [-0.15, -0.1) is 11.6 Å². The van der Waals surface area contributed by atoms with Gasteiger partial charge in [-0.3, -0.25) is 0 Å². The first-order chi connectivity index (χ1) is 5.36. The molecule has 0 saturated carbocycles. The van der Waals surface area contributed by atoms with Gasteiger partial charge in [-0.25, -0.2) is 0 Å². The molecule has 0 amide bonds. The van der Waals surface area contributed by atoms with E-state index in [9.17, 15) is 4.79 Å². The van der Waals surface area contributed by atoms with Crippen molar-refractivity contribution in [3.05, 3.63) is 35.4 Å². The molecule has 0 aliphatic rings. The summed E-state index contributed by atoms with van der Waals surface area (Å²) in [5.74, 6) is 0.507. The molecule has 58 valence electrons. The third-order valence-corrected chi connectivity index (χ3v) is 1.77. The van der Waals surface area contributed by atoms with Gasteiger partial charge >= 0.3 is 0 Å². The fourth-order valence-corrected chi connectivity index (χ4v) is 1.10.